The molecule has 0 aliphatic carbocycles. The van der Waals surface area contributed by atoms with Gasteiger partial charge in [-0.05, 0) is 32.0 Å². The molecule has 1 atom stereocenters. The first kappa shape index (κ1) is 15.7. The van der Waals surface area contributed by atoms with Gasteiger partial charge in [0.2, 0.25) is 0 Å². The number of pyridine rings is 1. The Bertz CT molecular complexity index is 811. The second kappa shape index (κ2) is 6.90. The van der Waals surface area contributed by atoms with Crippen LogP contribution in [-0.2, 0) is 6.42 Å². The molecule has 0 unspecified atom stereocenters. The Morgan fingerprint density at radius 1 is 1.46 bits per heavy atom. The number of H-pyrrole nitrogens is 1. The third-order valence-corrected chi connectivity index (χ3v) is 3.32. The topological polar surface area (TPSA) is 113 Å². The van der Waals surface area contributed by atoms with Gasteiger partial charge in [0.15, 0.2) is 5.82 Å². The molecule has 24 heavy (non-hydrogen) atoms. The van der Waals surface area contributed by atoms with E-state index in [-0.39, 0.29) is 12.1 Å². The Balaban J connectivity index is 1.63. The molecule has 0 fully saturated rings. The van der Waals surface area contributed by atoms with Gasteiger partial charge < -0.3 is 10.6 Å². The lowest BCUT2D eigenvalue weighted by Crippen LogP contribution is -2.37. The third-order valence-electron chi connectivity index (χ3n) is 3.32. The van der Waals surface area contributed by atoms with Crippen LogP contribution < -0.4 is 10.6 Å². The fourth-order valence-corrected chi connectivity index (χ4v) is 2.32. The van der Waals surface area contributed by atoms with Gasteiger partial charge in [-0.15, -0.1) is 0 Å². The second-order valence-electron chi connectivity index (χ2n) is 5.46. The van der Waals surface area contributed by atoms with Crippen molar-refractivity contribution in [3.8, 4) is 5.82 Å². The average molecular weight is 326 g/mol. The first-order valence-corrected chi connectivity index (χ1v) is 7.50. The number of aryl methyl sites for hydroxylation is 1. The highest BCUT2D eigenvalue weighted by atomic mass is 16.2. The van der Waals surface area contributed by atoms with E-state index in [0.29, 0.717) is 17.9 Å². The smallest absolute Gasteiger partial charge is 0.319 e. The molecule has 0 radical (unpaired) electrons. The molecule has 0 spiro atoms. The van der Waals surface area contributed by atoms with Crippen LogP contribution in [0.15, 0.2) is 37.1 Å². The van der Waals surface area contributed by atoms with Crippen molar-refractivity contribution in [3.63, 3.8) is 0 Å². The number of hydrogen-bond donors (Lipinski definition) is 3. The lowest BCUT2D eigenvalue weighted by atomic mass is 10.2. The molecule has 0 saturated carbocycles. The van der Waals surface area contributed by atoms with Crippen LogP contribution in [0.4, 0.5) is 10.5 Å². The molecule has 0 saturated heterocycles. The van der Waals surface area contributed by atoms with E-state index in [0.717, 1.165) is 11.4 Å². The number of aromatic amines is 1. The number of rotatable bonds is 5. The number of nitrogens with one attached hydrogen (secondary N) is 3. The summed E-state index contributed by atoms with van der Waals surface area (Å²) in [6.45, 7) is 3.86. The zero-order valence-corrected chi connectivity index (χ0v) is 13.4. The van der Waals surface area contributed by atoms with Crippen molar-refractivity contribution in [2.75, 3.05) is 5.32 Å². The van der Waals surface area contributed by atoms with Crippen molar-refractivity contribution in [3.05, 3.63) is 48.4 Å². The molecule has 9 nitrogen and oxygen atoms in total. The highest BCUT2D eigenvalue weighted by Crippen LogP contribution is 2.15. The number of aromatic nitrogens is 6. The van der Waals surface area contributed by atoms with E-state index in [4.69, 9.17) is 0 Å². The molecule has 3 aromatic heterocycles. The molecule has 2 amide bonds. The lowest BCUT2D eigenvalue weighted by Gasteiger charge is -2.14. The maximum absolute atomic E-state index is 12.2. The minimum Gasteiger partial charge on any atom is -0.335 e. The molecule has 0 bridgehead atoms. The summed E-state index contributed by atoms with van der Waals surface area (Å²) in [6, 6.07) is 5.07. The third kappa shape index (κ3) is 3.75. The summed E-state index contributed by atoms with van der Waals surface area (Å²) in [4.78, 5) is 20.3. The highest BCUT2D eigenvalue weighted by molar-refractivity contribution is 5.91. The summed E-state index contributed by atoms with van der Waals surface area (Å²) >= 11 is 0. The molecule has 0 aliphatic rings. The monoisotopic (exact) mass is 326 g/mol. The average Bonchev–Trinajstić information content (AvgIpc) is 3.19. The van der Waals surface area contributed by atoms with Crippen LogP contribution in [0.25, 0.3) is 5.82 Å². The predicted molar refractivity (Wildman–Crippen MR) is 87.8 cm³/mol. The van der Waals surface area contributed by atoms with Crippen LogP contribution in [0.5, 0.6) is 0 Å². The number of carbonyl (C=O) groups excluding carboxylic acids is 1. The van der Waals surface area contributed by atoms with Crippen LogP contribution in [0, 0.1) is 6.92 Å². The summed E-state index contributed by atoms with van der Waals surface area (Å²) in [5.41, 5.74) is 2.45. The minimum absolute atomic E-state index is 0.0702. The van der Waals surface area contributed by atoms with E-state index in [1.807, 2.05) is 19.9 Å². The van der Waals surface area contributed by atoms with Crippen LogP contribution in [0.2, 0.25) is 0 Å². The van der Waals surface area contributed by atoms with Crippen LogP contribution in [0.1, 0.15) is 18.3 Å². The van der Waals surface area contributed by atoms with Gasteiger partial charge in [-0.1, -0.05) is 0 Å². The quantitative estimate of drug-likeness (QED) is 0.656. The molecule has 3 N–H and O–H groups in total. The number of hydrogen-bond acceptors (Lipinski definition) is 5. The SMILES string of the molecule is Cc1cc(C[C@@H](C)NC(=O)Nc2cccnc2-n2cncn2)n[nH]1. The van der Waals surface area contributed by atoms with Crippen molar-refractivity contribution in [1.29, 1.82) is 0 Å². The number of carbonyl (C=O) groups is 1. The standard InChI is InChI=1S/C15H18N8O/c1-10(6-12-7-11(2)21-22-12)19-15(24)20-13-4-3-5-17-14(13)23-9-16-8-18-23/h3-5,7-10H,6H2,1-2H3,(H,21,22)(H2,19,20,24)/t10-/m1/s1. The van der Waals surface area contributed by atoms with Crippen molar-refractivity contribution in [2.45, 2.75) is 26.3 Å². The largest absolute Gasteiger partial charge is 0.335 e. The molecule has 0 aromatic carbocycles. The summed E-state index contributed by atoms with van der Waals surface area (Å²) < 4.78 is 1.49. The maximum atomic E-state index is 12.2. The minimum atomic E-state index is -0.316. The number of anilines is 1. The Morgan fingerprint density at radius 2 is 2.33 bits per heavy atom. The Kier molecular flexibility index (Phi) is 4.50. The van der Waals surface area contributed by atoms with Gasteiger partial charge >= 0.3 is 6.03 Å². The zero-order valence-electron chi connectivity index (χ0n) is 13.4. The van der Waals surface area contributed by atoms with Crippen LogP contribution in [0.3, 0.4) is 0 Å². The number of nitrogens with zero attached hydrogens (tertiary/aromatic N) is 5. The van der Waals surface area contributed by atoms with Crippen molar-refractivity contribution in [1.82, 2.24) is 35.3 Å². The first-order valence-electron chi connectivity index (χ1n) is 7.50. The Labute approximate surface area is 138 Å². The first-order chi connectivity index (χ1) is 11.6. The summed E-state index contributed by atoms with van der Waals surface area (Å²) in [5, 5.41) is 16.8. The van der Waals surface area contributed by atoms with E-state index in [1.165, 1.54) is 17.3 Å². The molecule has 0 aliphatic heterocycles. The molecular formula is C15H18N8O. The van der Waals surface area contributed by atoms with E-state index < -0.39 is 0 Å². The maximum Gasteiger partial charge on any atom is 0.319 e. The normalized spacial score (nSPS) is 11.9. The van der Waals surface area contributed by atoms with E-state index in [2.05, 4.69) is 35.9 Å². The Hall–Kier alpha value is -3.23. The predicted octanol–water partition coefficient (Wildman–Crippen LogP) is 1.45. The molecular weight excluding hydrogens is 308 g/mol. The van der Waals surface area contributed by atoms with Crippen LogP contribution >= 0.6 is 0 Å². The summed E-state index contributed by atoms with van der Waals surface area (Å²) in [7, 11) is 0. The second-order valence-corrected chi connectivity index (χ2v) is 5.46. The van der Waals surface area contributed by atoms with Crippen molar-refractivity contribution < 1.29 is 4.79 Å². The summed E-state index contributed by atoms with van der Waals surface area (Å²) in [5.74, 6) is 0.501. The fraction of sp³-hybridized carbons (Fsp3) is 0.267. The van der Waals surface area contributed by atoms with Gasteiger partial charge in [0, 0.05) is 24.4 Å². The number of amides is 2. The van der Waals surface area contributed by atoms with Gasteiger partial charge in [-0.3, -0.25) is 5.10 Å². The van der Waals surface area contributed by atoms with Gasteiger partial charge in [0.1, 0.15) is 12.7 Å². The van der Waals surface area contributed by atoms with E-state index in [1.54, 1.807) is 18.3 Å². The van der Waals surface area contributed by atoms with Crippen molar-refractivity contribution in [2.24, 2.45) is 0 Å². The molecule has 3 heterocycles. The lowest BCUT2D eigenvalue weighted by molar-refractivity contribution is 0.249. The number of urea groups is 1. The summed E-state index contributed by atoms with van der Waals surface area (Å²) in [6.07, 6.45) is 5.20. The highest BCUT2D eigenvalue weighted by Gasteiger charge is 2.13. The van der Waals surface area contributed by atoms with Gasteiger partial charge in [0.25, 0.3) is 0 Å². The molecule has 9 heteroatoms. The van der Waals surface area contributed by atoms with Gasteiger partial charge in [-0.25, -0.2) is 19.4 Å². The Morgan fingerprint density at radius 3 is 3.04 bits per heavy atom. The van der Waals surface area contributed by atoms with Gasteiger partial charge in [0.05, 0.1) is 11.4 Å². The van der Waals surface area contributed by atoms with Crippen LogP contribution in [-0.4, -0.2) is 42.0 Å². The van der Waals surface area contributed by atoms with E-state index >= 15 is 0 Å². The zero-order chi connectivity index (χ0) is 16.9. The van der Waals surface area contributed by atoms with Gasteiger partial charge in [-0.2, -0.15) is 10.2 Å². The molecule has 3 aromatic rings. The van der Waals surface area contributed by atoms with E-state index in [9.17, 15) is 4.79 Å². The molecule has 3 rings (SSSR count). The van der Waals surface area contributed by atoms with Crippen molar-refractivity contribution >= 4 is 11.7 Å². The molecule has 124 valence electrons. The fourth-order valence-electron chi connectivity index (χ4n) is 2.32.